The lowest BCUT2D eigenvalue weighted by Crippen LogP contribution is -2.34. The fourth-order valence-electron chi connectivity index (χ4n) is 2.84. The molecule has 3 aromatic rings. The van der Waals surface area contributed by atoms with Gasteiger partial charge in [-0.25, -0.2) is 0 Å². The van der Waals surface area contributed by atoms with E-state index >= 15 is 0 Å². The van der Waals surface area contributed by atoms with Crippen LogP contribution < -0.4 is 0 Å². The lowest BCUT2D eigenvalue weighted by molar-refractivity contribution is 0.0674. The SMILES string of the molecule is COCCN(Cc1cccnc1)C(=O)c1[nH]c2ccc(Cl)cc2c1C. The molecule has 2 heterocycles. The van der Waals surface area contributed by atoms with E-state index in [2.05, 4.69) is 9.97 Å². The number of aromatic nitrogens is 2. The molecule has 0 unspecified atom stereocenters. The van der Waals surface area contributed by atoms with E-state index in [0.717, 1.165) is 22.0 Å². The van der Waals surface area contributed by atoms with Crippen molar-refractivity contribution in [3.63, 3.8) is 0 Å². The summed E-state index contributed by atoms with van der Waals surface area (Å²) in [6.07, 6.45) is 3.49. The largest absolute Gasteiger partial charge is 0.383 e. The lowest BCUT2D eigenvalue weighted by Gasteiger charge is -2.22. The molecule has 130 valence electrons. The molecule has 1 N–H and O–H groups in total. The fraction of sp³-hybridized carbons (Fsp3) is 0.263. The molecule has 5 nitrogen and oxygen atoms in total. The van der Waals surface area contributed by atoms with Crippen molar-refractivity contribution in [2.24, 2.45) is 0 Å². The number of aryl methyl sites for hydroxylation is 1. The number of fused-ring (bicyclic) bond motifs is 1. The Labute approximate surface area is 151 Å². The highest BCUT2D eigenvalue weighted by atomic mass is 35.5. The summed E-state index contributed by atoms with van der Waals surface area (Å²) in [6, 6.07) is 9.40. The van der Waals surface area contributed by atoms with Gasteiger partial charge in [-0.15, -0.1) is 0 Å². The van der Waals surface area contributed by atoms with E-state index in [1.54, 1.807) is 24.4 Å². The van der Waals surface area contributed by atoms with Gasteiger partial charge in [0, 0.05) is 48.5 Å². The van der Waals surface area contributed by atoms with Crippen molar-refractivity contribution in [2.45, 2.75) is 13.5 Å². The lowest BCUT2D eigenvalue weighted by atomic mass is 10.1. The summed E-state index contributed by atoms with van der Waals surface area (Å²) < 4.78 is 5.16. The Balaban J connectivity index is 1.92. The van der Waals surface area contributed by atoms with Gasteiger partial charge in [0.15, 0.2) is 0 Å². The van der Waals surface area contributed by atoms with E-state index in [0.29, 0.717) is 30.4 Å². The zero-order chi connectivity index (χ0) is 17.8. The Morgan fingerprint density at radius 1 is 1.36 bits per heavy atom. The highest BCUT2D eigenvalue weighted by molar-refractivity contribution is 6.31. The van der Waals surface area contributed by atoms with Crippen molar-refractivity contribution >= 4 is 28.4 Å². The number of carbonyl (C=O) groups excluding carboxylic acids is 1. The van der Waals surface area contributed by atoms with Gasteiger partial charge in [-0.05, 0) is 42.3 Å². The summed E-state index contributed by atoms with van der Waals surface area (Å²) in [5, 5.41) is 1.61. The van der Waals surface area contributed by atoms with Crippen LogP contribution in [0.15, 0.2) is 42.7 Å². The van der Waals surface area contributed by atoms with Crippen molar-refractivity contribution in [3.8, 4) is 0 Å². The Bertz CT molecular complexity index is 877. The summed E-state index contributed by atoms with van der Waals surface area (Å²) in [6.45, 7) is 3.38. The van der Waals surface area contributed by atoms with Gasteiger partial charge in [-0.3, -0.25) is 9.78 Å². The molecule has 25 heavy (non-hydrogen) atoms. The van der Waals surface area contributed by atoms with E-state index in [-0.39, 0.29) is 5.91 Å². The van der Waals surface area contributed by atoms with Gasteiger partial charge >= 0.3 is 0 Å². The average molecular weight is 358 g/mol. The highest BCUT2D eigenvalue weighted by Gasteiger charge is 2.21. The highest BCUT2D eigenvalue weighted by Crippen LogP contribution is 2.26. The number of benzene rings is 1. The normalized spacial score (nSPS) is 11.0. The fourth-order valence-corrected chi connectivity index (χ4v) is 3.01. The van der Waals surface area contributed by atoms with Gasteiger partial charge in [0.25, 0.3) is 5.91 Å². The number of methoxy groups -OCH3 is 1. The molecule has 0 atom stereocenters. The van der Waals surface area contributed by atoms with Crippen LogP contribution in [0, 0.1) is 6.92 Å². The minimum absolute atomic E-state index is 0.0641. The molecule has 0 spiro atoms. The van der Waals surface area contributed by atoms with Crippen LogP contribution in [0.25, 0.3) is 10.9 Å². The number of nitrogens with one attached hydrogen (secondary N) is 1. The molecule has 3 rings (SSSR count). The zero-order valence-corrected chi connectivity index (χ0v) is 15.0. The number of aromatic amines is 1. The summed E-state index contributed by atoms with van der Waals surface area (Å²) in [5.41, 5.74) is 3.36. The number of nitrogens with zero attached hydrogens (tertiary/aromatic N) is 2. The van der Waals surface area contributed by atoms with Crippen LogP contribution in [0.2, 0.25) is 5.02 Å². The molecule has 0 bridgehead atoms. The van der Waals surface area contributed by atoms with Gasteiger partial charge in [-0.2, -0.15) is 0 Å². The minimum Gasteiger partial charge on any atom is -0.383 e. The van der Waals surface area contributed by atoms with Gasteiger partial charge in [-0.1, -0.05) is 17.7 Å². The first kappa shape index (κ1) is 17.5. The third kappa shape index (κ3) is 3.83. The maximum absolute atomic E-state index is 13.1. The second-order valence-electron chi connectivity index (χ2n) is 5.90. The van der Waals surface area contributed by atoms with Crippen LogP contribution in [-0.4, -0.2) is 41.0 Å². The molecule has 0 saturated carbocycles. The third-order valence-corrected chi connectivity index (χ3v) is 4.42. The number of hydrogen-bond donors (Lipinski definition) is 1. The van der Waals surface area contributed by atoms with Crippen molar-refractivity contribution in [1.29, 1.82) is 0 Å². The number of rotatable bonds is 6. The average Bonchev–Trinajstić information content (AvgIpc) is 2.95. The second-order valence-corrected chi connectivity index (χ2v) is 6.33. The Kier molecular flexibility index (Phi) is 5.36. The van der Waals surface area contributed by atoms with E-state index in [1.807, 2.05) is 37.3 Å². The molecule has 1 amide bonds. The quantitative estimate of drug-likeness (QED) is 0.729. The minimum atomic E-state index is -0.0641. The predicted octanol–water partition coefficient (Wildman–Crippen LogP) is 3.81. The van der Waals surface area contributed by atoms with Crippen LogP contribution in [0.5, 0.6) is 0 Å². The summed E-state index contributed by atoms with van der Waals surface area (Å²) in [5.74, 6) is -0.0641. The molecule has 6 heteroatoms. The Hall–Kier alpha value is -2.37. The Morgan fingerprint density at radius 2 is 2.20 bits per heavy atom. The number of carbonyl (C=O) groups is 1. The maximum atomic E-state index is 13.1. The molecule has 1 aromatic carbocycles. The number of pyridine rings is 1. The molecule has 0 aliphatic rings. The van der Waals surface area contributed by atoms with Crippen LogP contribution in [0.3, 0.4) is 0 Å². The van der Waals surface area contributed by atoms with E-state index in [4.69, 9.17) is 16.3 Å². The van der Waals surface area contributed by atoms with Gasteiger partial charge < -0.3 is 14.6 Å². The Morgan fingerprint density at radius 3 is 2.92 bits per heavy atom. The van der Waals surface area contributed by atoms with Gasteiger partial charge in [0.05, 0.1) is 6.61 Å². The van der Waals surface area contributed by atoms with Crippen LogP contribution >= 0.6 is 11.6 Å². The van der Waals surface area contributed by atoms with E-state index < -0.39 is 0 Å². The van der Waals surface area contributed by atoms with Crippen LogP contribution in [-0.2, 0) is 11.3 Å². The number of ether oxygens (including phenoxy) is 1. The summed E-state index contributed by atoms with van der Waals surface area (Å²) >= 11 is 6.09. The first-order valence-corrected chi connectivity index (χ1v) is 8.43. The first-order valence-electron chi connectivity index (χ1n) is 8.05. The second kappa shape index (κ2) is 7.68. The zero-order valence-electron chi connectivity index (χ0n) is 14.3. The molecule has 2 aromatic heterocycles. The number of amides is 1. The molecule has 0 fully saturated rings. The van der Waals surface area contributed by atoms with Crippen molar-refractivity contribution < 1.29 is 9.53 Å². The molecular weight excluding hydrogens is 338 g/mol. The van der Waals surface area contributed by atoms with Crippen molar-refractivity contribution in [2.75, 3.05) is 20.3 Å². The van der Waals surface area contributed by atoms with Gasteiger partial charge in [0.2, 0.25) is 0 Å². The van der Waals surface area contributed by atoms with E-state index in [9.17, 15) is 4.79 Å². The number of hydrogen-bond acceptors (Lipinski definition) is 3. The van der Waals surface area contributed by atoms with Gasteiger partial charge in [0.1, 0.15) is 5.69 Å². The van der Waals surface area contributed by atoms with Crippen molar-refractivity contribution in [1.82, 2.24) is 14.9 Å². The van der Waals surface area contributed by atoms with E-state index in [1.165, 1.54) is 0 Å². The van der Waals surface area contributed by atoms with Crippen LogP contribution in [0.1, 0.15) is 21.6 Å². The number of halogens is 1. The molecular formula is C19H20ClN3O2. The molecule has 0 saturated heterocycles. The molecule has 0 aliphatic carbocycles. The van der Waals surface area contributed by atoms with Crippen molar-refractivity contribution in [3.05, 3.63) is 64.6 Å². The molecule has 0 radical (unpaired) electrons. The van der Waals surface area contributed by atoms with Crippen LogP contribution in [0.4, 0.5) is 0 Å². The predicted molar refractivity (Wildman–Crippen MR) is 98.9 cm³/mol. The summed E-state index contributed by atoms with van der Waals surface area (Å²) in [7, 11) is 1.63. The standard InChI is InChI=1S/C19H20ClN3O2/c1-13-16-10-15(20)5-6-17(16)22-18(13)19(24)23(8-9-25-2)12-14-4-3-7-21-11-14/h3-7,10-11,22H,8-9,12H2,1-2H3. The third-order valence-electron chi connectivity index (χ3n) is 4.18. The topological polar surface area (TPSA) is 58.2 Å². The molecule has 0 aliphatic heterocycles. The summed E-state index contributed by atoms with van der Waals surface area (Å²) in [4.78, 5) is 22.2. The smallest absolute Gasteiger partial charge is 0.270 e. The first-order chi connectivity index (χ1) is 12.1. The monoisotopic (exact) mass is 357 g/mol. The maximum Gasteiger partial charge on any atom is 0.270 e. The number of H-pyrrole nitrogens is 1.